The van der Waals surface area contributed by atoms with Gasteiger partial charge < -0.3 is 5.11 Å². The third kappa shape index (κ3) is 7.17. The van der Waals surface area contributed by atoms with E-state index in [-0.39, 0.29) is 52.0 Å². The molecule has 0 bridgehead atoms. The van der Waals surface area contributed by atoms with Gasteiger partial charge in [0.15, 0.2) is 0 Å². The molecule has 0 heterocycles. The zero-order valence-corrected chi connectivity index (χ0v) is 16.1. The number of nitrogens with zero attached hydrogens (tertiary/aromatic N) is 1. The van der Waals surface area contributed by atoms with Crippen molar-refractivity contribution in [2.24, 2.45) is 16.8 Å². The summed E-state index contributed by atoms with van der Waals surface area (Å²) < 4.78 is 31.0. The van der Waals surface area contributed by atoms with E-state index in [1.165, 1.54) is 18.2 Å². The molecule has 0 saturated heterocycles. The molecule has 1 N–H and O–H groups in total. The molecule has 1 aromatic carbocycles. The second kappa shape index (κ2) is 9.17. The van der Waals surface area contributed by atoms with E-state index in [2.05, 4.69) is 17.6 Å². The topological polar surface area (TPSA) is 89.8 Å². The van der Waals surface area contributed by atoms with Crippen LogP contribution in [0.1, 0.15) is 20.3 Å². The van der Waals surface area contributed by atoms with E-state index >= 15 is 0 Å². The summed E-state index contributed by atoms with van der Waals surface area (Å²) in [5, 5.41) is 12.0. The van der Waals surface area contributed by atoms with E-state index in [0.717, 1.165) is 6.07 Å². The number of benzene rings is 1. The van der Waals surface area contributed by atoms with Crippen molar-refractivity contribution in [1.82, 2.24) is 0 Å². The molecule has 0 saturated carbocycles. The van der Waals surface area contributed by atoms with Gasteiger partial charge >= 0.3 is 29.6 Å². The molecule has 0 fully saturated rings. The van der Waals surface area contributed by atoms with Crippen molar-refractivity contribution in [3.05, 3.63) is 24.3 Å². The molecule has 0 aliphatic carbocycles. The number of rotatable bonds is 6. The minimum Gasteiger partial charge on any atom is -0.861 e. The van der Waals surface area contributed by atoms with Crippen molar-refractivity contribution in [3.63, 3.8) is 0 Å². The maximum atomic E-state index is 12.0. The van der Waals surface area contributed by atoms with E-state index in [1.54, 1.807) is 0 Å². The molecular formula is C13H18NNaO4S2. The molecule has 0 amide bonds. The van der Waals surface area contributed by atoms with Gasteiger partial charge in [0, 0.05) is 0 Å². The monoisotopic (exact) mass is 339 g/mol. The summed E-state index contributed by atoms with van der Waals surface area (Å²) >= 11 is 4.15. The Bertz CT molecular complexity index is 588. The normalized spacial score (nSPS) is 13.9. The van der Waals surface area contributed by atoms with Crippen LogP contribution in [0.4, 0.5) is 5.69 Å². The smallest absolute Gasteiger partial charge is 0.861 e. The van der Waals surface area contributed by atoms with Crippen LogP contribution < -0.4 is 34.7 Å². The molecule has 0 radical (unpaired) electrons. The predicted octanol–water partition coefficient (Wildman–Crippen LogP) is -1.08. The Kier molecular flexibility index (Phi) is 9.15. The molecular weight excluding hydrogens is 321 g/mol. The zero-order chi connectivity index (χ0) is 15.3. The van der Waals surface area contributed by atoms with Crippen molar-refractivity contribution in [2.45, 2.75) is 25.2 Å². The van der Waals surface area contributed by atoms with Gasteiger partial charge in [0.25, 0.3) is 10.1 Å². The fraction of sp³-hybridized carbons (Fsp3) is 0.462. The number of hydrogen-bond acceptors (Lipinski definition) is 5. The third-order valence-electron chi connectivity index (χ3n) is 2.68. The van der Waals surface area contributed by atoms with Gasteiger partial charge in [-0.2, -0.15) is 21.0 Å². The summed E-state index contributed by atoms with van der Waals surface area (Å²) in [7, 11) is -4.29. The van der Waals surface area contributed by atoms with Crippen molar-refractivity contribution in [3.8, 4) is 0 Å². The van der Waals surface area contributed by atoms with Crippen LogP contribution in [0.3, 0.4) is 0 Å². The van der Waals surface area contributed by atoms with Gasteiger partial charge in [0.2, 0.25) is 0 Å². The third-order valence-corrected chi connectivity index (χ3v) is 3.97. The summed E-state index contributed by atoms with van der Waals surface area (Å²) in [6.07, 6.45) is 0.670. The first kappa shape index (κ1) is 20.9. The van der Waals surface area contributed by atoms with Gasteiger partial charge in [0.1, 0.15) is 0 Å². The predicted molar refractivity (Wildman–Crippen MR) is 80.1 cm³/mol. The van der Waals surface area contributed by atoms with Crippen LogP contribution in [0.25, 0.3) is 0 Å². The average molecular weight is 339 g/mol. The van der Waals surface area contributed by atoms with Crippen LogP contribution in [-0.4, -0.2) is 24.6 Å². The largest absolute Gasteiger partial charge is 1.00 e. The zero-order valence-electron chi connectivity index (χ0n) is 12.4. The van der Waals surface area contributed by atoms with Crippen LogP contribution >= 0.6 is 12.6 Å². The minimum atomic E-state index is -4.29. The van der Waals surface area contributed by atoms with Gasteiger partial charge in [0.05, 0.1) is 10.6 Å². The van der Waals surface area contributed by atoms with Gasteiger partial charge in [-0.25, -0.2) is 0 Å². The second-order valence-corrected chi connectivity index (χ2v) is 6.72. The van der Waals surface area contributed by atoms with Crippen molar-refractivity contribution >= 4 is 34.3 Å². The van der Waals surface area contributed by atoms with E-state index in [1.807, 2.05) is 13.8 Å². The van der Waals surface area contributed by atoms with Crippen LogP contribution in [0.15, 0.2) is 34.2 Å². The molecule has 0 aliphatic rings. The van der Waals surface area contributed by atoms with E-state index < -0.39 is 10.1 Å². The SMILES string of the molecule is CC(C)CC(CS)C([O-])=Nc1cccc(S(=O)(=O)O)c1.[Na+]. The number of hydrogen-bond donors (Lipinski definition) is 2. The Morgan fingerprint density at radius 1 is 1.43 bits per heavy atom. The maximum absolute atomic E-state index is 12.0. The fourth-order valence-corrected chi connectivity index (χ4v) is 2.58. The summed E-state index contributed by atoms with van der Waals surface area (Å²) in [6.45, 7) is 4.01. The van der Waals surface area contributed by atoms with Gasteiger partial charge in [-0.15, -0.1) is 0 Å². The van der Waals surface area contributed by atoms with Crippen LogP contribution in [-0.2, 0) is 10.1 Å². The molecule has 0 spiro atoms. The average Bonchev–Trinajstić information content (AvgIpc) is 2.34. The molecule has 112 valence electrons. The first-order chi connectivity index (χ1) is 9.24. The Morgan fingerprint density at radius 3 is 2.52 bits per heavy atom. The molecule has 1 rings (SSSR count). The molecule has 21 heavy (non-hydrogen) atoms. The molecule has 8 heteroatoms. The van der Waals surface area contributed by atoms with Crippen molar-refractivity contribution in [2.75, 3.05) is 5.75 Å². The quantitative estimate of drug-likeness (QED) is 0.227. The molecule has 1 aromatic rings. The van der Waals surface area contributed by atoms with Gasteiger partial charge in [-0.1, -0.05) is 19.9 Å². The Labute approximate surface area is 153 Å². The fourth-order valence-electron chi connectivity index (χ4n) is 1.75. The maximum Gasteiger partial charge on any atom is 1.00 e. The number of thiol groups is 1. The standard InChI is InChI=1S/C13H19NO4S2.Na/c1-9(2)6-10(8-19)13(15)14-11-4-3-5-12(7-11)20(16,17)18;/h3-5,7,9-10,19H,6,8H2,1-2H3,(H,14,15)(H,16,17,18);/q;+1/p-1. The van der Waals surface area contributed by atoms with E-state index in [0.29, 0.717) is 18.1 Å². The molecule has 1 atom stereocenters. The van der Waals surface area contributed by atoms with Crippen molar-refractivity contribution in [1.29, 1.82) is 0 Å². The van der Waals surface area contributed by atoms with Gasteiger partial charge in [-0.3, -0.25) is 9.55 Å². The summed E-state index contributed by atoms with van der Waals surface area (Å²) in [6, 6.07) is 5.34. The van der Waals surface area contributed by atoms with Gasteiger partial charge in [-0.05, 0) is 48.1 Å². The van der Waals surface area contributed by atoms with Crippen LogP contribution in [0.2, 0.25) is 0 Å². The van der Waals surface area contributed by atoms with E-state index in [9.17, 15) is 13.5 Å². The van der Waals surface area contributed by atoms with E-state index in [4.69, 9.17) is 4.55 Å². The van der Waals surface area contributed by atoms with Crippen LogP contribution in [0, 0.1) is 11.8 Å². The Hall–Kier alpha value is -0.0500. The first-order valence-electron chi connectivity index (χ1n) is 6.18. The molecule has 0 aromatic heterocycles. The molecule has 5 nitrogen and oxygen atoms in total. The van der Waals surface area contributed by atoms with Crippen LogP contribution in [0.5, 0.6) is 0 Å². The second-order valence-electron chi connectivity index (χ2n) is 4.93. The number of aliphatic imine (C=N–C) groups is 1. The molecule has 0 aliphatic heterocycles. The summed E-state index contributed by atoms with van der Waals surface area (Å²) in [5.74, 6) is 0.0998. The molecule has 1 unspecified atom stereocenters. The summed E-state index contributed by atoms with van der Waals surface area (Å²) in [4.78, 5) is 3.61. The Morgan fingerprint density at radius 2 is 2.05 bits per heavy atom. The summed E-state index contributed by atoms with van der Waals surface area (Å²) in [5.41, 5.74) is 0.209. The van der Waals surface area contributed by atoms with Crippen molar-refractivity contribution < 1.29 is 47.6 Å². The first-order valence-corrected chi connectivity index (χ1v) is 8.25. The minimum absolute atomic E-state index is 0. The Balaban J connectivity index is 0.00000400.